The summed E-state index contributed by atoms with van der Waals surface area (Å²) in [5, 5.41) is 6.89. The van der Waals surface area contributed by atoms with Gasteiger partial charge in [0.15, 0.2) is 23.2 Å². The fourth-order valence-electron chi connectivity index (χ4n) is 3.90. The van der Waals surface area contributed by atoms with Gasteiger partial charge in [0.05, 0.1) is 24.8 Å². The first-order chi connectivity index (χ1) is 15.9. The predicted molar refractivity (Wildman–Crippen MR) is 117 cm³/mol. The van der Waals surface area contributed by atoms with Crippen LogP contribution < -0.4 is 15.4 Å². The van der Waals surface area contributed by atoms with Crippen molar-refractivity contribution in [3.8, 4) is 11.5 Å². The third-order valence-corrected chi connectivity index (χ3v) is 5.59. The van der Waals surface area contributed by atoms with E-state index in [0.717, 1.165) is 12.0 Å². The van der Waals surface area contributed by atoms with Crippen LogP contribution in [0.1, 0.15) is 16.9 Å². The van der Waals surface area contributed by atoms with Gasteiger partial charge in [-0.05, 0) is 12.5 Å². The van der Waals surface area contributed by atoms with Crippen LogP contribution in [0.3, 0.4) is 0 Å². The number of fused-ring (bicyclic) bond motifs is 1. The van der Waals surface area contributed by atoms with Crippen molar-refractivity contribution < 1.29 is 13.3 Å². The molecule has 0 saturated carbocycles. The molecule has 0 amide bonds. The molecule has 0 unspecified atom stereocenters. The van der Waals surface area contributed by atoms with Gasteiger partial charge in [-0.2, -0.15) is 10.3 Å². The van der Waals surface area contributed by atoms with Crippen molar-refractivity contribution in [3.05, 3.63) is 75.4 Å². The Balaban J connectivity index is 1.49. The molecule has 9 nitrogen and oxygen atoms in total. The predicted octanol–water partition coefficient (Wildman–Crippen LogP) is 2.58. The highest BCUT2D eigenvalue weighted by Crippen LogP contribution is 2.27. The number of anilines is 2. The lowest BCUT2D eigenvalue weighted by Crippen LogP contribution is -2.33. The largest absolute Gasteiger partial charge is 0.381 e. The first-order valence-electron chi connectivity index (χ1n) is 10.4. The average Bonchev–Trinajstić information content (AvgIpc) is 3.39. The summed E-state index contributed by atoms with van der Waals surface area (Å²) in [5.74, 6) is 0.626. The molecule has 1 N–H and O–H groups in total. The Morgan fingerprint density at radius 2 is 2.03 bits per heavy atom. The Labute approximate surface area is 187 Å². The standard InChI is InChI=1S/C22H21F2N7O2/c1-29(2)19-9-17(27-31(19)11-13-5-3-4-6-15(13)23)20-25-10-16(24)21(26-20)30-8-7-14-18(12-30)33-28-22(14)32/h3-6,9-10H,7-8,11-12H2,1-2H3,(H,28,32). The minimum Gasteiger partial charge on any atom is -0.381 e. The first-order valence-corrected chi connectivity index (χ1v) is 10.4. The summed E-state index contributed by atoms with van der Waals surface area (Å²) in [6.07, 6.45) is 1.52. The molecule has 0 aliphatic carbocycles. The molecule has 4 heterocycles. The molecule has 4 aromatic rings. The second kappa shape index (κ2) is 8.15. The van der Waals surface area contributed by atoms with Gasteiger partial charge in [0.25, 0.3) is 5.56 Å². The van der Waals surface area contributed by atoms with E-state index in [-0.39, 0.29) is 36.1 Å². The Kier molecular flexibility index (Phi) is 5.15. The summed E-state index contributed by atoms with van der Waals surface area (Å²) in [6.45, 7) is 0.843. The number of H-pyrrole nitrogens is 1. The van der Waals surface area contributed by atoms with Gasteiger partial charge in [0.2, 0.25) is 0 Å². The topological polar surface area (TPSA) is 96.1 Å². The smallest absolute Gasteiger partial charge is 0.283 e. The highest BCUT2D eigenvalue weighted by molar-refractivity contribution is 5.59. The van der Waals surface area contributed by atoms with E-state index < -0.39 is 5.82 Å². The molecular weight excluding hydrogens is 432 g/mol. The monoisotopic (exact) mass is 453 g/mol. The molecule has 1 aliphatic rings. The number of hydrogen-bond donors (Lipinski definition) is 1. The second-order valence-corrected chi connectivity index (χ2v) is 8.00. The van der Waals surface area contributed by atoms with E-state index >= 15 is 0 Å². The lowest BCUT2D eigenvalue weighted by molar-refractivity contribution is 0.370. The molecule has 1 aromatic carbocycles. The van der Waals surface area contributed by atoms with Crippen LogP contribution in [0.25, 0.3) is 11.5 Å². The van der Waals surface area contributed by atoms with E-state index in [1.165, 1.54) is 6.07 Å². The number of nitrogens with zero attached hydrogens (tertiary/aromatic N) is 6. The summed E-state index contributed by atoms with van der Waals surface area (Å²) in [6, 6.07) is 8.28. The Morgan fingerprint density at radius 3 is 2.82 bits per heavy atom. The van der Waals surface area contributed by atoms with E-state index in [2.05, 4.69) is 20.2 Å². The quantitative estimate of drug-likeness (QED) is 0.496. The number of aromatic amines is 1. The van der Waals surface area contributed by atoms with E-state index in [1.54, 1.807) is 33.8 Å². The maximum absolute atomic E-state index is 14.7. The summed E-state index contributed by atoms with van der Waals surface area (Å²) in [4.78, 5) is 23.9. The van der Waals surface area contributed by atoms with Crippen LogP contribution in [0, 0.1) is 11.6 Å². The Morgan fingerprint density at radius 1 is 1.21 bits per heavy atom. The van der Waals surface area contributed by atoms with Gasteiger partial charge in [0.1, 0.15) is 17.3 Å². The third kappa shape index (κ3) is 3.86. The van der Waals surface area contributed by atoms with Crippen molar-refractivity contribution in [1.29, 1.82) is 0 Å². The van der Waals surface area contributed by atoms with Gasteiger partial charge in [0, 0.05) is 32.3 Å². The molecule has 0 fully saturated rings. The van der Waals surface area contributed by atoms with E-state index in [4.69, 9.17) is 4.52 Å². The van der Waals surface area contributed by atoms with Crippen LogP contribution in [0.5, 0.6) is 0 Å². The fraction of sp³-hybridized carbons (Fsp3) is 0.273. The molecule has 1 aliphatic heterocycles. The highest BCUT2D eigenvalue weighted by Gasteiger charge is 2.26. The molecule has 3 aromatic heterocycles. The van der Waals surface area contributed by atoms with Gasteiger partial charge in [-0.3, -0.25) is 4.79 Å². The number of aromatic nitrogens is 5. The van der Waals surface area contributed by atoms with Gasteiger partial charge < -0.3 is 14.3 Å². The minimum absolute atomic E-state index is 0.101. The molecule has 0 atom stereocenters. The van der Waals surface area contributed by atoms with Gasteiger partial charge in [-0.1, -0.05) is 18.2 Å². The molecule has 0 radical (unpaired) electrons. The maximum Gasteiger partial charge on any atom is 0.283 e. The number of hydrogen-bond acceptors (Lipinski definition) is 7. The van der Waals surface area contributed by atoms with Crippen LogP contribution >= 0.6 is 0 Å². The van der Waals surface area contributed by atoms with Gasteiger partial charge in [-0.25, -0.2) is 23.4 Å². The lowest BCUT2D eigenvalue weighted by atomic mass is 10.1. The van der Waals surface area contributed by atoms with Crippen LogP contribution in [0.2, 0.25) is 0 Å². The number of rotatable bonds is 5. The molecule has 5 rings (SSSR count). The van der Waals surface area contributed by atoms with E-state index in [9.17, 15) is 13.6 Å². The Bertz CT molecular complexity index is 1380. The Hall–Kier alpha value is -4.02. The molecule has 170 valence electrons. The highest BCUT2D eigenvalue weighted by atomic mass is 19.1. The summed E-state index contributed by atoms with van der Waals surface area (Å²) in [5.41, 5.74) is 1.24. The van der Waals surface area contributed by atoms with Gasteiger partial charge in [-0.15, -0.1) is 0 Å². The van der Waals surface area contributed by atoms with Crippen molar-refractivity contribution in [2.24, 2.45) is 0 Å². The van der Waals surface area contributed by atoms with Crippen LogP contribution in [0.15, 0.2) is 45.8 Å². The molecule has 0 spiro atoms. The lowest BCUT2D eigenvalue weighted by Gasteiger charge is -2.26. The van der Waals surface area contributed by atoms with Crippen LogP contribution in [-0.2, 0) is 19.5 Å². The zero-order valence-electron chi connectivity index (χ0n) is 18.0. The summed E-state index contributed by atoms with van der Waals surface area (Å²) in [7, 11) is 3.71. The molecule has 0 saturated heterocycles. The van der Waals surface area contributed by atoms with Crippen LogP contribution in [-0.4, -0.2) is 45.5 Å². The van der Waals surface area contributed by atoms with Crippen molar-refractivity contribution in [3.63, 3.8) is 0 Å². The van der Waals surface area contributed by atoms with E-state index in [0.29, 0.717) is 35.5 Å². The molecule has 0 bridgehead atoms. The number of halogens is 2. The van der Waals surface area contributed by atoms with Crippen molar-refractivity contribution >= 4 is 11.6 Å². The minimum atomic E-state index is -0.585. The van der Waals surface area contributed by atoms with Crippen LogP contribution in [0.4, 0.5) is 20.4 Å². The summed E-state index contributed by atoms with van der Waals surface area (Å²) < 4.78 is 35.7. The SMILES string of the molecule is CN(C)c1cc(-c2ncc(F)c(N3CCc4c(o[nH]c4=O)C3)n2)nn1Cc1ccccc1F. The van der Waals surface area contributed by atoms with Crippen molar-refractivity contribution in [2.45, 2.75) is 19.5 Å². The normalized spacial score (nSPS) is 13.3. The average molecular weight is 453 g/mol. The van der Waals surface area contributed by atoms with Crippen molar-refractivity contribution in [1.82, 2.24) is 24.9 Å². The zero-order valence-corrected chi connectivity index (χ0v) is 18.0. The molecule has 33 heavy (non-hydrogen) atoms. The molecule has 11 heteroatoms. The van der Waals surface area contributed by atoms with Crippen molar-refractivity contribution in [2.75, 3.05) is 30.4 Å². The maximum atomic E-state index is 14.7. The second-order valence-electron chi connectivity index (χ2n) is 8.00. The van der Waals surface area contributed by atoms with E-state index in [1.807, 2.05) is 19.0 Å². The zero-order chi connectivity index (χ0) is 23.1. The number of nitrogens with one attached hydrogen (secondary N) is 1. The number of benzene rings is 1. The third-order valence-electron chi connectivity index (χ3n) is 5.59. The summed E-state index contributed by atoms with van der Waals surface area (Å²) >= 11 is 0. The fourth-order valence-corrected chi connectivity index (χ4v) is 3.90. The molecular formula is C22H21F2N7O2. The first kappa shape index (κ1) is 20.9. The van der Waals surface area contributed by atoms with Gasteiger partial charge >= 0.3 is 0 Å².